The van der Waals surface area contributed by atoms with Crippen molar-refractivity contribution in [3.8, 4) is 0 Å². The van der Waals surface area contributed by atoms with Crippen LogP contribution in [0.15, 0.2) is 36.4 Å². The minimum absolute atomic E-state index is 0.0210. The summed E-state index contributed by atoms with van der Waals surface area (Å²) in [5, 5.41) is 8.24. The van der Waals surface area contributed by atoms with Crippen molar-refractivity contribution in [2.75, 3.05) is 31.4 Å². The van der Waals surface area contributed by atoms with Crippen molar-refractivity contribution in [1.29, 1.82) is 0 Å². The third kappa shape index (κ3) is 7.09. The summed E-state index contributed by atoms with van der Waals surface area (Å²) in [6, 6.07) is 8.49. The molecular formula is C31H37N3O8. The van der Waals surface area contributed by atoms with Crippen molar-refractivity contribution < 1.29 is 38.2 Å². The number of carbonyl (C=O) groups is 6. The van der Waals surface area contributed by atoms with Gasteiger partial charge in [-0.1, -0.05) is 52.0 Å². The monoisotopic (exact) mass is 579 g/mol. The van der Waals surface area contributed by atoms with E-state index in [1.807, 2.05) is 13.8 Å². The number of carbonyl (C=O) groups excluding carboxylic acids is 6. The van der Waals surface area contributed by atoms with E-state index < -0.39 is 47.3 Å². The molecule has 224 valence electrons. The van der Waals surface area contributed by atoms with Crippen LogP contribution in [0.3, 0.4) is 0 Å². The Kier molecular flexibility index (Phi) is 10.7. The number of methoxy groups -OCH3 is 2. The molecule has 0 radical (unpaired) electrons. The molecule has 3 rings (SSSR count). The van der Waals surface area contributed by atoms with E-state index in [0.717, 1.165) is 0 Å². The summed E-state index contributed by atoms with van der Waals surface area (Å²) in [4.78, 5) is 77.2. The van der Waals surface area contributed by atoms with Crippen LogP contribution >= 0.6 is 0 Å². The van der Waals surface area contributed by atoms with Gasteiger partial charge in [0, 0.05) is 17.5 Å². The van der Waals surface area contributed by atoms with Gasteiger partial charge in [0.1, 0.15) is 6.04 Å². The van der Waals surface area contributed by atoms with Crippen molar-refractivity contribution in [3.63, 3.8) is 0 Å². The molecule has 3 N–H and O–H groups in total. The molecule has 11 heteroatoms. The first-order valence-electron chi connectivity index (χ1n) is 13.7. The Labute approximate surface area is 244 Å². The Morgan fingerprint density at radius 3 is 1.67 bits per heavy atom. The Morgan fingerprint density at radius 1 is 0.714 bits per heavy atom. The number of rotatable bonds is 12. The largest absolute Gasteiger partial charge is 0.469 e. The van der Waals surface area contributed by atoms with Gasteiger partial charge in [-0.2, -0.15) is 0 Å². The molecule has 1 aliphatic carbocycles. The highest BCUT2D eigenvalue weighted by molar-refractivity contribution is 6.32. The number of hydrogen-bond acceptors (Lipinski definition) is 9. The van der Waals surface area contributed by atoms with Gasteiger partial charge in [0.25, 0.3) is 0 Å². The van der Waals surface area contributed by atoms with Crippen LogP contribution < -0.4 is 16.0 Å². The number of ketones is 2. The Bertz CT molecular complexity index is 1290. The fraction of sp³-hybridized carbons (Fsp3) is 0.419. The van der Waals surface area contributed by atoms with Crippen LogP contribution in [0.2, 0.25) is 0 Å². The van der Waals surface area contributed by atoms with Crippen LogP contribution in [0.5, 0.6) is 0 Å². The number of benzene rings is 2. The summed E-state index contributed by atoms with van der Waals surface area (Å²) in [5.74, 6) is -3.57. The molecule has 0 heterocycles. The molecule has 2 aromatic rings. The van der Waals surface area contributed by atoms with Crippen LogP contribution in [0.25, 0.3) is 0 Å². The average molecular weight is 580 g/mol. The smallest absolute Gasteiger partial charge is 0.323 e. The number of hydrogen-bond donors (Lipinski definition) is 3. The highest BCUT2D eigenvalue weighted by Gasteiger charge is 2.35. The fourth-order valence-corrected chi connectivity index (χ4v) is 4.92. The molecule has 0 bridgehead atoms. The van der Waals surface area contributed by atoms with E-state index in [-0.39, 0.29) is 64.9 Å². The van der Waals surface area contributed by atoms with Gasteiger partial charge in [-0.3, -0.25) is 34.1 Å². The van der Waals surface area contributed by atoms with E-state index in [2.05, 4.69) is 16.0 Å². The van der Waals surface area contributed by atoms with E-state index in [1.165, 1.54) is 38.5 Å². The number of nitrogens with one attached hydrogen (secondary N) is 3. The lowest BCUT2D eigenvalue weighted by Gasteiger charge is -2.24. The summed E-state index contributed by atoms with van der Waals surface area (Å²) < 4.78 is 9.64. The maximum absolute atomic E-state index is 13.6. The molecule has 11 nitrogen and oxygen atoms in total. The molecule has 2 amide bonds. The fourth-order valence-electron chi connectivity index (χ4n) is 4.92. The van der Waals surface area contributed by atoms with Gasteiger partial charge in [0.2, 0.25) is 11.8 Å². The quantitative estimate of drug-likeness (QED) is 0.274. The summed E-state index contributed by atoms with van der Waals surface area (Å²) in [5.41, 5.74) is 0.472. The van der Waals surface area contributed by atoms with Crippen molar-refractivity contribution in [1.82, 2.24) is 5.32 Å². The van der Waals surface area contributed by atoms with Gasteiger partial charge in [0.05, 0.1) is 49.2 Å². The molecule has 0 fully saturated rings. The first-order valence-corrected chi connectivity index (χ1v) is 13.7. The predicted octanol–water partition coefficient (Wildman–Crippen LogP) is 3.35. The van der Waals surface area contributed by atoms with Crippen molar-refractivity contribution in [2.45, 2.75) is 46.6 Å². The lowest BCUT2D eigenvalue weighted by Crippen LogP contribution is -2.45. The molecule has 0 saturated heterocycles. The SMILES string of the molecule is COC(=O)[C@@H](NCC(=O)Nc1ccc(NC(=O)CC[C@@H](C(=O)OC)C(C)C)c2c1C(=O)c1ccccc1C2=O)C(C)C. The number of amides is 2. The summed E-state index contributed by atoms with van der Waals surface area (Å²) >= 11 is 0. The zero-order valence-electron chi connectivity index (χ0n) is 24.7. The zero-order chi connectivity index (χ0) is 31.1. The molecule has 0 unspecified atom stereocenters. The van der Waals surface area contributed by atoms with E-state index in [0.29, 0.717) is 0 Å². The Morgan fingerprint density at radius 2 is 1.21 bits per heavy atom. The maximum atomic E-state index is 13.6. The molecule has 42 heavy (non-hydrogen) atoms. The molecule has 0 aliphatic heterocycles. The highest BCUT2D eigenvalue weighted by atomic mass is 16.5. The normalized spacial score (nSPS) is 13.6. The topological polar surface area (TPSA) is 157 Å². The number of esters is 2. The molecule has 2 atom stereocenters. The lowest BCUT2D eigenvalue weighted by molar-refractivity contribution is -0.147. The summed E-state index contributed by atoms with van der Waals surface area (Å²) in [6.07, 6.45) is 0.213. The summed E-state index contributed by atoms with van der Waals surface area (Å²) in [6.45, 7) is 7.06. The van der Waals surface area contributed by atoms with Crippen LogP contribution in [0.4, 0.5) is 11.4 Å². The van der Waals surface area contributed by atoms with Crippen LogP contribution in [-0.4, -0.2) is 62.1 Å². The Hall–Kier alpha value is -4.38. The van der Waals surface area contributed by atoms with Gasteiger partial charge in [-0.15, -0.1) is 0 Å². The molecular weight excluding hydrogens is 542 g/mol. The molecule has 1 aliphatic rings. The van der Waals surface area contributed by atoms with Crippen LogP contribution in [0.1, 0.15) is 72.4 Å². The van der Waals surface area contributed by atoms with Crippen LogP contribution in [-0.2, 0) is 28.7 Å². The van der Waals surface area contributed by atoms with E-state index in [1.54, 1.807) is 26.0 Å². The first-order chi connectivity index (χ1) is 19.9. The number of fused-ring (bicyclic) bond motifs is 2. The molecule has 0 spiro atoms. The molecule has 0 aromatic heterocycles. The minimum Gasteiger partial charge on any atom is -0.469 e. The van der Waals surface area contributed by atoms with E-state index >= 15 is 0 Å². The average Bonchev–Trinajstić information content (AvgIpc) is 2.95. The number of ether oxygens (including phenoxy) is 2. The second-order valence-electron chi connectivity index (χ2n) is 10.7. The van der Waals surface area contributed by atoms with E-state index in [9.17, 15) is 28.8 Å². The van der Waals surface area contributed by atoms with Crippen molar-refractivity contribution in [3.05, 3.63) is 58.7 Å². The van der Waals surface area contributed by atoms with Gasteiger partial charge >= 0.3 is 11.9 Å². The second kappa shape index (κ2) is 14.0. The van der Waals surface area contributed by atoms with Crippen LogP contribution in [0, 0.1) is 17.8 Å². The standard InChI is InChI=1S/C31H37N3O8/c1-16(2)18(30(39)41-5)11-14-23(35)33-21-12-13-22(34-24(36)15-32-27(17(3)4)31(40)42-6)26-25(21)28(37)19-9-7-8-10-20(19)29(26)38/h7-10,12-13,16-18,27,32H,11,14-15H2,1-6H3,(H,33,35)(H,34,36)/t18-,27+/m1/s1. The third-order valence-corrected chi connectivity index (χ3v) is 7.22. The third-order valence-electron chi connectivity index (χ3n) is 7.22. The molecule has 2 aromatic carbocycles. The van der Waals surface area contributed by atoms with Gasteiger partial charge in [-0.25, -0.2) is 0 Å². The number of anilines is 2. The minimum atomic E-state index is -0.725. The molecule has 0 saturated carbocycles. The zero-order valence-corrected chi connectivity index (χ0v) is 24.7. The van der Waals surface area contributed by atoms with Gasteiger partial charge in [-0.05, 0) is 30.4 Å². The van der Waals surface area contributed by atoms with Crippen molar-refractivity contribution >= 4 is 46.7 Å². The summed E-state index contributed by atoms with van der Waals surface area (Å²) in [7, 11) is 2.55. The lowest BCUT2D eigenvalue weighted by atomic mass is 9.82. The predicted molar refractivity (Wildman–Crippen MR) is 155 cm³/mol. The van der Waals surface area contributed by atoms with Crippen molar-refractivity contribution in [2.24, 2.45) is 17.8 Å². The second-order valence-corrected chi connectivity index (χ2v) is 10.7. The van der Waals surface area contributed by atoms with Gasteiger partial charge < -0.3 is 20.1 Å². The van der Waals surface area contributed by atoms with E-state index in [4.69, 9.17) is 9.47 Å². The highest BCUT2D eigenvalue weighted by Crippen LogP contribution is 2.36. The Balaban J connectivity index is 1.91. The first kappa shape index (κ1) is 32.1. The maximum Gasteiger partial charge on any atom is 0.323 e. The van der Waals surface area contributed by atoms with Gasteiger partial charge in [0.15, 0.2) is 11.6 Å².